The SMILES string of the molecule is COC(=O)c1c(NC(=O)CN2CCN(C(=O)c3sc4cc(Cl)ccc4c3Cl)CC2)sc2c1CC[C@@H](C)C2. The van der Waals surface area contributed by atoms with Crippen molar-refractivity contribution >= 4 is 78.7 Å². The maximum absolute atomic E-state index is 13.2. The first-order valence-corrected chi connectivity index (χ1v) is 14.6. The Bertz CT molecular complexity index is 1380. The van der Waals surface area contributed by atoms with Crippen molar-refractivity contribution in [2.24, 2.45) is 5.92 Å². The van der Waals surface area contributed by atoms with Crippen molar-refractivity contribution in [1.29, 1.82) is 0 Å². The lowest BCUT2D eigenvalue weighted by molar-refractivity contribution is -0.117. The molecule has 0 bridgehead atoms. The lowest BCUT2D eigenvalue weighted by Gasteiger charge is -2.34. The molecule has 1 saturated heterocycles. The van der Waals surface area contributed by atoms with E-state index in [4.69, 9.17) is 27.9 Å². The summed E-state index contributed by atoms with van der Waals surface area (Å²) in [6, 6.07) is 5.41. The minimum atomic E-state index is -0.406. The van der Waals surface area contributed by atoms with E-state index in [2.05, 4.69) is 12.2 Å². The normalized spacial score (nSPS) is 18.1. The molecule has 1 aliphatic heterocycles. The number of nitrogens with one attached hydrogen (secondary N) is 1. The maximum Gasteiger partial charge on any atom is 0.341 e. The van der Waals surface area contributed by atoms with Gasteiger partial charge in [0.25, 0.3) is 5.91 Å². The predicted molar refractivity (Wildman–Crippen MR) is 150 cm³/mol. The number of amides is 2. The van der Waals surface area contributed by atoms with Gasteiger partial charge < -0.3 is 15.0 Å². The summed E-state index contributed by atoms with van der Waals surface area (Å²) >= 11 is 15.4. The van der Waals surface area contributed by atoms with E-state index >= 15 is 0 Å². The largest absolute Gasteiger partial charge is 0.465 e. The van der Waals surface area contributed by atoms with Crippen molar-refractivity contribution in [3.05, 3.63) is 49.1 Å². The van der Waals surface area contributed by atoms with E-state index in [9.17, 15) is 14.4 Å². The van der Waals surface area contributed by atoms with Gasteiger partial charge in [-0.15, -0.1) is 22.7 Å². The zero-order valence-electron chi connectivity index (χ0n) is 20.6. The van der Waals surface area contributed by atoms with Crippen molar-refractivity contribution in [1.82, 2.24) is 9.80 Å². The van der Waals surface area contributed by atoms with Crippen molar-refractivity contribution < 1.29 is 19.1 Å². The van der Waals surface area contributed by atoms with Gasteiger partial charge in [0.05, 0.1) is 24.2 Å². The average Bonchev–Trinajstić information content (AvgIpc) is 3.39. The number of thiophene rings is 2. The smallest absolute Gasteiger partial charge is 0.341 e. The third-order valence-corrected chi connectivity index (χ3v) is 10.0. The molecular weight excluding hydrogens is 553 g/mol. The van der Waals surface area contributed by atoms with Crippen LogP contribution in [0.4, 0.5) is 5.00 Å². The number of anilines is 1. The molecule has 11 heteroatoms. The van der Waals surface area contributed by atoms with Crippen LogP contribution in [0.3, 0.4) is 0 Å². The highest BCUT2D eigenvalue weighted by Crippen LogP contribution is 2.40. The second kappa shape index (κ2) is 10.9. The first-order chi connectivity index (χ1) is 17.7. The van der Waals surface area contributed by atoms with Crippen molar-refractivity contribution in [3.8, 4) is 0 Å². The molecule has 1 fully saturated rings. The number of hydrogen-bond acceptors (Lipinski definition) is 7. The van der Waals surface area contributed by atoms with Gasteiger partial charge in [-0.1, -0.05) is 36.2 Å². The maximum atomic E-state index is 13.2. The van der Waals surface area contributed by atoms with Gasteiger partial charge >= 0.3 is 5.97 Å². The van der Waals surface area contributed by atoms with Gasteiger partial charge in [-0.25, -0.2) is 4.79 Å². The quantitative estimate of drug-likeness (QED) is 0.399. The number of halogens is 2. The molecule has 0 spiro atoms. The number of nitrogens with zero attached hydrogens (tertiary/aromatic N) is 2. The minimum absolute atomic E-state index is 0.104. The predicted octanol–water partition coefficient (Wildman–Crippen LogP) is 5.58. The molecule has 1 atom stereocenters. The number of ether oxygens (including phenoxy) is 1. The van der Waals surface area contributed by atoms with Gasteiger partial charge in [0.1, 0.15) is 9.88 Å². The zero-order chi connectivity index (χ0) is 26.3. The van der Waals surface area contributed by atoms with Gasteiger partial charge in [-0.3, -0.25) is 14.5 Å². The van der Waals surface area contributed by atoms with E-state index in [1.54, 1.807) is 11.0 Å². The fourth-order valence-electron chi connectivity index (χ4n) is 4.96. The van der Waals surface area contributed by atoms with E-state index in [0.29, 0.717) is 57.6 Å². The Morgan fingerprint density at radius 1 is 1.14 bits per heavy atom. The highest BCUT2D eigenvalue weighted by molar-refractivity contribution is 7.21. The molecule has 3 heterocycles. The summed E-state index contributed by atoms with van der Waals surface area (Å²) in [6.45, 7) is 4.51. The lowest BCUT2D eigenvalue weighted by Crippen LogP contribution is -2.50. The van der Waals surface area contributed by atoms with Crippen LogP contribution in [0.2, 0.25) is 10.0 Å². The van der Waals surface area contributed by atoms with Gasteiger partial charge in [-0.05, 0) is 42.9 Å². The monoisotopic (exact) mass is 579 g/mol. The highest BCUT2D eigenvalue weighted by Gasteiger charge is 2.30. The Morgan fingerprint density at radius 2 is 1.89 bits per heavy atom. The summed E-state index contributed by atoms with van der Waals surface area (Å²) in [6.07, 6.45) is 2.75. The molecule has 5 rings (SSSR count). The summed E-state index contributed by atoms with van der Waals surface area (Å²) in [7, 11) is 1.37. The molecule has 2 aliphatic rings. The number of methoxy groups -OCH3 is 1. The number of carbonyl (C=O) groups is 3. The topological polar surface area (TPSA) is 79.0 Å². The lowest BCUT2D eigenvalue weighted by atomic mass is 9.88. The summed E-state index contributed by atoms with van der Waals surface area (Å²) < 4.78 is 5.90. The molecular formula is C26H27Cl2N3O4S2. The van der Waals surface area contributed by atoms with Gasteiger partial charge in [-0.2, -0.15) is 0 Å². The van der Waals surface area contributed by atoms with Crippen molar-refractivity contribution in [3.63, 3.8) is 0 Å². The first-order valence-electron chi connectivity index (χ1n) is 12.2. The third-order valence-electron chi connectivity index (χ3n) is 6.97. The van der Waals surface area contributed by atoms with Gasteiger partial charge in [0, 0.05) is 46.2 Å². The Labute approximate surface area is 233 Å². The molecule has 1 aliphatic carbocycles. The second-order valence-corrected chi connectivity index (χ2v) is 12.5. The standard InChI is InChI=1S/C26H27Cl2N3O4S2/c1-14-3-5-16-18(11-14)37-24(21(16)26(34)35-2)29-20(32)13-30-7-9-31(10-8-30)25(33)23-22(28)17-6-4-15(27)12-19(17)36-23/h4,6,12,14H,3,5,7-11,13H2,1-2H3,(H,29,32)/t14-/m1/s1. The van der Waals surface area contributed by atoms with Crippen molar-refractivity contribution in [2.45, 2.75) is 26.2 Å². The fraction of sp³-hybridized carbons (Fsp3) is 0.423. The molecule has 0 unspecified atom stereocenters. The summed E-state index contributed by atoms with van der Waals surface area (Å²) in [5, 5.41) is 5.42. The summed E-state index contributed by atoms with van der Waals surface area (Å²) in [5.41, 5.74) is 1.51. The molecule has 0 saturated carbocycles. The second-order valence-electron chi connectivity index (χ2n) is 9.55. The number of rotatable bonds is 5. The number of esters is 1. The molecule has 7 nitrogen and oxygen atoms in total. The molecule has 3 aromatic rings. The van der Waals surface area contributed by atoms with Crippen LogP contribution in [0, 0.1) is 5.92 Å². The van der Waals surface area contributed by atoms with E-state index in [-0.39, 0.29) is 18.4 Å². The average molecular weight is 581 g/mol. The molecule has 1 N–H and O–H groups in total. The molecule has 2 aromatic heterocycles. The summed E-state index contributed by atoms with van der Waals surface area (Å²) in [4.78, 5) is 44.1. The first kappa shape index (κ1) is 26.4. The zero-order valence-corrected chi connectivity index (χ0v) is 23.7. The van der Waals surface area contributed by atoms with E-state index in [1.807, 2.05) is 17.0 Å². The number of fused-ring (bicyclic) bond motifs is 2. The number of piperazine rings is 1. The molecule has 196 valence electrons. The van der Waals surface area contributed by atoms with Crippen LogP contribution >= 0.6 is 45.9 Å². The van der Waals surface area contributed by atoms with Gasteiger partial charge in [0.15, 0.2) is 0 Å². The van der Waals surface area contributed by atoms with Crippen LogP contribution in [-0.4, -0.2) is 67.4 Å². The molecule has 37 heavy (non-hydrogen) atoms. The van der Waals surface area contributed by atoms with Gasteiger partial charge in [0.2, 0.25) is 5.91 Å². The van der Waals surface area contributed by atoms with Crippen LogP contribution in [0.25, 0.3) is 10.1 Å². The number of hydrogen-bond donors (Lipinski definition) is 1. The van der Waals surface area contributed by atoms with E-state index in [1.165, 1.54) is 29.8 Å². The van der Waals surface area contributed by atoms with Crippen molar-refractivity contribution in [2.75, 3.05) is 45.2 Å². The van der Waals surface area contributed by atoms with E-state index in [0.717, 1.165) is 39.8 Å². The highest BCUT2D eigenvalue weighted by atomic mass is 35.5. The number of benzene rings is 1. The molecule has 0 radical (unpaired) electrons. The Kier molecular flexibility index (Phi) is 7.79. The minimum Gasteiger partial charge on any atom is -0.465 e. The van der Waals surface area contributed by atoms with Crippen LogP contribution in [0.1, 0.15) is 43.8 Å². The Hall–Kier alpha value is -2.17. The number of carbonyl (C=O) groups excluding carboxylic acids is 3. The fourth-order valence-corrected chi connectivity index (χ4v) is 8.13. The Balaban J connectivity index is 1.21. The molecule has 2 amide bonds. The van der Waals surface area contributed by atoms with Crippen LogP contribution in [-0.2, 0) is 22.4 Å². The Morgan fingerprint density at radius 3 is 2.62 bits per heavy atom. The third kappa shape index (κ3) is 5.38. The van der Waals surface area contributed by atoms with E-state index < -0.39 is 5.97 Å². The summed E-state index contributed by atoms with van der Waals surface area (Å²) in [5.74, 6) is -0.135. The van der Waals surface area contributed by atoms with Crippen LogP contribution in [0.15, 0.2) is 18.2 Å². The van der Waals surface area contributed by atoms with Crippen LogP contribution in [0.5, 0.6) is 0 Å². The van der Waals surface area contributed by atoms with Crippen LogP contribution < -0.4 is 5.32 Å². The molecule has 1 aromatic carbocycles.